The normalized spacial score (nSPS) is 19.6. The van der Waals surface area contributed by atoms with Crippen LogP contribution in [0.2, 0.25) is 0 Å². The molecule has 1 aliphatic heterocycles. The molecule has 7 heteroatoms. The van der Waals surface area contributed by atoms with E-state index < -0.39 is 0 Å². The summed E-state index contributed by atoms with van der Waals surface area (Å²) in [6.07, 6.45) is 2.11. The lowest BCUT2D eigenvalue weighted by molar-refractivity contribution is -0.120. The molecular formula is C13H20N4O2S. The summed E-state index contributed by atoms with van der Waals surface area (Å²) in [4.78, 5) is 28.7. The minimum absolute atomic E-state index is 0.0263. The topological polar surface area (TPSA) is 74.3 Å². The van der Waals surface area contributed by atoms with Crippen LogP contribution in [0.15, 0.2) is 5.38 Å². The number of hydrogen-bond donors (Lipinski definition) is 2. The van der Waals surface area contributed by atoms with Crippen molar-refractivity contribution in [3.05, 3.63) is 11.1 Å². The Kier molecular flexibility index (Phi) is 5.08. The van der Waals surface area contributed by atoms with Gasteiger partial charge in [0, 0.05) is 38.4 Å². The van der Waals surface area contributed by atoms with E-state index in [9.17, 15) is 9.59 Å². The number of anilines is 1. The predicted molar refractivity (Wildman–Crippen MR) is 78.5 cm³/mol. The molecule has 0 spiro atoms. The second-order valence-corrected chi connectivity index (χ2v) is 5.96. The van der Waals surface area contributed by atoms with E-state index in [0.29, 0.717) is 5.13 Å². The molecule has 1 atom stereocenters. The van der Waals surface area contributed by atoms with Gasteiger partial charge in [-0.1, -0.05) is 0 Å². The Labute approximate surface area is 122 Å². The van der Waals surface area contributed by atoms with E-state index in [-0.39, 0.29) is 17.9 Å². The number of carbonyl (C=O) groups is 2. The molecule has 2 rings (SSSR count). The lowest BCUT2D eigenvalue weighted by Crippen LogP contribution is -2.46. The van der Waals surface area contributed by atoms with Crippen molar-refractivity contribution in [1.29, 1.82) is 0 Å². The molecule has 1 aliphatic rings. The van der Waals surface area contributed by atoms with Gasteiger partial charge in [0.1, 0.15) is 0 Å². The number of thiazole rings is 1. The van der Waals surface area contributed by atoms with Crippen LogP contribution in [0.25, 0.3) is 0 Å². The first-order valence-corrected chi connectivity index (χ1v) is 7.62. The van der Waals surface area contributed by atoms with Crippen LogP contribution in [0.4, 0.5) is 5.13 Å². The maximum Gasteiger partial charge on any atom is 0.223 e. The summed E-state index contributed by atoms with van der Waals surface area (Å²) in [5.74, 6) is -0.0759. The molecule has 1 unspecified atom stereocenters. The number of rotatable bonds is 4. The molecule has 2 heterocycles. The van der Waals surface area contributed by atoms with Crippen molar-refractivity contribution in [1.82, 2.24) is 15.2 Å². The molecule has 1 fully saturated rings. The molecule has 1 aromatic rings. The van der Waals surface area contributed by atoms with Crippen LogP contribution in [0.1, 0.15) is 32.4 Å². The van der Waals surface area contributed by atoms with Crippen LogP contribution in [0.3, 0.4) is 0 Å². The largest absolute Gasteiger partial charge is 0.352 e. The van der Waals surface area contributed by atoms with E-state index in [0.717, 1.165) is 38.2 Å². The number of piperidine rings is 1. The van der Waals surface area contributed by atoms with E-state index in [2.05, 4.69) is 20.5 Å². The van der Waals surface area contributed by atoms with Crippen LogP contribution in [-0.2, 0) is 16.1 Å². The molecule has 2 N–H and O–H groups in total. The van der Waals surface area contributed by atoms with E-state index in [4.69, 9.17) is 0 Å². The minimum Gasteiger partial charge on any atom is -0.352 e. The second-order valence-electron chi connectivity index (χ2n) is 5.10. The molecule has 110 valence electrons. The van der Waals surface area contributed by atoms with Gasteiger partial charge in [-0.15, -0.1) is 11.3 Å². The number of likely N-dealkylation sites (tertiary alicyclic amines) is 1. The highest BCUT2D eigenvalue weighted by atomic mass is 32.1. The lowest BCUT2D eigenvalue weighted by atomic mass is 10.1. The van der Waals surface area contributed by atoms with Crippen molar-refractivity contribution in [3.8, 4) is 0 Å². The Bertz CT molecular complexity index is 488. The summed E-state index contributed by atoms with van der Waals surface area (Å²) in [6.45, 7) is 5.66. The van der Waals surface area contributed by atoms with Crippen LogP contribution in [0, 0.1) is 0 Å². The molecule has 2 amide bonds. The Morgan fingerprint density at radius 3 is 2.95 bits per heavy atom. The van der Waals surface area contributed by atoms with Gasteiger partial charge in [0.15, 0.2) is 5.13 Å². The molecule has 1 aromatic heterocycles. The standard InChI is InChI=1S/C13H20N4O2S/c1-9(18)14-11-4-3-5-17(6-11)7-12-8-20-13(16-12)15-10(2)19/h8,11H,3-7H2,1-2H3,(H,14,18)(H,15,16,19). The predicted octanol–water partition coefficient (Wildman–Crippen LogP) is 1.20. The van der Waals surface area contributed by atoms with Gasteiger partial charge in [-0.2, -0.15) is 0 Å². The SMILES string of the molecule is CC(=O)Nc1nc(CN2CCCC(NC(C)=O)C2)cs1. The third kappa shape index (κ3) is 4.57. The zero-order chi connectivity index (χ0) is 14.5. The summed E-state index contributed by atoms with van der Waals surface area (Å²) < 4.78 is 0. The average molecular weight is 296 g/mol. The first-order valence-electron chi connectivity index (χ1n) is 6.74. The number of amides is 2. The first kappa shape index (κ1) is 14.9. The van der Waals surface area contributed by atoms with Crippen LogP contribution in [-0.4, -0.2) is 40.8 Å². The third-order valence-corrected chi connectivity index (χ3v) is 3.94. The quantitative estimate of drug-likeness (QED) is 0.875. The van der Waals surface area contributed by atoms with Crippen LogP contribution in [0.5, 0.6) is 0 Å². The highest BCUT2D eigenvalue weighted by Gasteiger charge is 2.21. The molecule has 0 radical (unpaired) electrons. The number of nitrogens with zero attached hydrogens (tertiary/aromatic N) is 2. The van der Waals surface area contributed by atoms with Gasteiger partial charge in [0.2, 0.25) is 11.8 Å². The summed E-state index contributed by atoms with van der Waals surface area (Å²) >= 11 is 1.44. The minimum atomic E-state index is -0.102. The van der Waals surface area contributed by atoms with Gasteiger partial charge in [-0.25, -0.2) is 4.98 Å². The fraction of sp³-hybridized carbons (Fsp3) is 0.615. The van der Waals surface area contributed by atoms with Gasteiger partial charge < -0.3 is 10.6 Å². The molecule has 20 heavy (non-hydrogen) atoms. The van der Waals surface area contributed by atoms with Gasteiger partial charge in [0.05, 0.1) is 5.69 Å². The van der Waals surface area contributed by atoms with E-state index >= 15 is 0 Å². The monoisotopic (exact) mass is 296 g/mol. The third-order valence-electron chi connectivity index (χ3n) is 3.13. The maximum atomic E-state index is 11.1. The number of carbonyl (C=O) groups excluding carboxylic acids is 2. The van der Waals surface area contributed by atoms with Gasteiger partial charge in [-0.05, 0) is 19.4 Å². The van der Waals surface area contributed by atoms with E-state index in [1.54, 1.807) is 6.92 Å². The summed E-state index contributed by atoms with van der Waals surface area (Å²) in [7, 11) is 0. The maximum absolute atomic E-state index is 11.1. The fourth-order valence-corrected chi connectivity index (χ4v) is 3.17. The number of hydrogen-bond acceptors (Lipinski definition) is 5. The van der Waals surface area contributed by atoms with Gasteiger partial charge in [-0.3, -0.25) is 14.5 Å². The Hall–Kier alpha value is -1.47. The van der Waals surface area contributed by atoms with Crippen molar-refractivity contribution in [2.75, 3.05) is 18.4 Å². The van der Waals surface area contributed by atoms with Crippen molar-refractivity contribution in [2.24, 2.45) is 0 Å². The first-order chi connectivity index (χ1) is 9.52. The lowest BCUT2D eigenvalue weighted by Gasteiger charge is -2.32. The fourth-order valence-electron chi connectivity index (χ4n) is 2.42. The summed E-state index contributed by atoms with van der Waals surface area (Å²) in [5, 5.41) is 8.27. The molecule has 0 saturated carbocycles. The van der Waals surface area contributed by atoms with E-state index in [1.165, 1.54) is 18.3 Å². The highest BCUT2D eigenvalue weighted by Crippen LogP contribution is 2.18. The van der Waals surface area contributed by atoms with Gasteiger partial charge in [0.25, 0.3) is 0 Å². The highest BCUT2D eigenvalue weighted by molar-refractivity contribution is 7.13. The second kappa shape index (κ2) is 6.81. The van der Waals surface area contributed by atoms with Crippen LogP contribution >= 0.6 is 11.3 Å². The Morgan fingerprint density at radius 1 is 1.45 bits per heavy atom. The molecule has 6 nitrogen and oxygen atoms in total. The van der Waals surface area contributed by atoms with Gasteiger partial charge >= 0.3 is 0 Å². The van der Waals surface area contributed by atoms with Crippen molar-refractivity contribution in [3.63, 3.8) is 0 Å². The number of aromatic nitrogens is 1. The molecular weight excluding hydrogens is 276 g/mol. The Balaban J connectivity index is 1.87. The molecule has 0 aromatic carbocycles. The molecule has 0 bridgehead atoms. The summed E-state index contributed by atoms with van der Waals surface area (Å²) in [6, 6.07) is 0.231. The zero-order valence-electron chi connectivity index (χ0n) is 11.8. The van der Waals surface area contributed by atoms with Crippen LogP contribution < -0.4 is 10.6 Å². The van der Waals surface area contributed by atoms with Crippen molar-refractivity contribution < 1.29 is 9.59 Å². The van der Waals surface area contributed by atoms with Crippen molar-refractivity contribution in [2.45, 2.75) is 39.3 Å². The Morgan fingerprint density at radius 2 is 2.25 bits per heavy atom. The average Bonchev–Trinajstić information content (AvgIpc) is 2.75. The zero-order valence-corrected chi connectivity index (χ0v) is 12.6. The molecule has 0 aliphatic carbocycles. The molecule has 1 saturated heterocycles. The van der Waals surface area contributed by atoms with Crippen molar-refractivity contribution >= 4 is 28.3 Å². The van der Waals surface area contributed by atoms with E-state index in [1.807, 2.05) is 5.38 Å². The number of nitrogens with one attached hydrogen (secondary N) is 2. The smallest absolute Gasteiger partial charge is 0.223 e. The summed E-state index contributed by atoms with van der Waals surface area (Å²) in [5.41, 5.74) is 0.960.